The van der Waals surface area contributed by atoms with Crippen LogP contribution in [0.15, 0.2) is 97.2 Å². The van der Waals surface area contributed by atoms with Gasteiger partial charge in [-0.3, -0.25) is 9.59 Å². The lowest BCUT2D eigenvalue weighted by molar-refractivity contribution is -0.112. The van der Waals surface area contributed by atoms with E-state index in [2.05, 4.69) is 51.8 Å². The summed E-state index contributed by atoms with van der Waals surface area (Å²) in [4.78, 5) is 42.3. The van der Waals surface area contributed by atoms with Crippen LogP contribution in [0.1, 0.15) is 43.7 Å². The Bertz CT molecular complexity index is 1670. The van der Waals surface area contributed by atoms with E-state index >= 15 is 0 Å². The second kappa shape index (κ2) is 19.2. The van der Waals surface area contributed by atoms with Crippen LogP contribution in [0.25, 0.3) is 0 Å². The molecule has 0 spiro atoms. The number of carbonyl (C=O) groups is 2. The zero-order valence-corrected chi connectivity index (χ0v) is 30.3. The zero-order chi connectivity index (χ0) is 35.9. The highest BCUT2D eigenvalue weighted by Crippen LogP contribution is 2.31. The molecule has 10 heteroatoms. The van der Waals surface area contributed by atoms with E-state index in [1.54, 1.807) is 11.0 Å². The molecule has 10 nitrogen and oxygen atoms in total. The van der Waals surface area contributed by atoms with Gasteiger partial charge in [0.1, 0.15) is 5.82 Å². The monoisotopic (exact) mass is 676 g/mol. The van der Waals surface area contributed by atoms with Crippen molar-refractivity contribution in [3.63, 3.8) is 0 Å². The molecular formula is C40H52N8O2. The first-order valence-electron chi connectivity index (χ1n) is 17.4. The van der Waals surface area contributed by atoms with Gasteiger partial charge in [-0.05, 0) is 107 Å². The van der Waals surface area contributed by atoms with Crippen molar-refractivity contribution in [2.45, 2.75) is 39.0 Å². The van der Waals surface area contributed by atoms with Crippen LogP contribution in [0.4, 0.5) is 34.5 Å². The highest BCUT2D eigenvalue weighted by Gasteiger charge is 2.19. The Morgan fingerprint density at radius 3 is 2.30 bits per heavy atom. The third-order valence-electron chi connectivity index (χ3n) is 8.59. The summed E-state index contributed by atoms with van der Waals surface area (Å²) in [6.45, 7) is 7.38. The molecule has 5 rings (SSSR count). The fourth-order valence-corrected chi connectivity index (χ4v) is 5.81. The van der Waals surface area contributed by atoms with Crippen LogP contribution in [0.2, 0.25) is 0 Å². The van der Waals surface area contributed by atoms with Crippen LogP contribution in [-0.2, 0) is 16.0 Å². The number of nitrogens with zero attached hydrogens (tertiary/aromatic N) is 6. The number of likely N-dealkylation sites (N-methyl/N-ethyl adjacent to an activating group) is 1. The number of hydrogen-bond donors (Lipinski definition) is 2. The Labute approximate surface area is 297 Å². The van der Waals surface area contributed by atoms with Gasteiger partial charge < -0.3 is 30.2 Å². The third-order valence-corrected chi connectivity index (χ3v) is 8.59. The van der Waals surface area contributed by atoms with Crippen molar-refractivity contribution >= 4 is 46.8 Å². The van der Waals surface area contributed by atoms with Gasteiger partial charge in [-0.15, -0.1) is 0 Å². The summed E-state index contributed by atoms with van der Waals surface area (Å²) in [7, 11) is 8.03. The summed E-state index contributed by atoms with van der Waals surface area (Å²) >= 11 is 0. The molecule has 0 saturated carbocycles. The fraction of sp³-hybridized carbons (Fsp3) is 0.350. The molecule has 1 aliphatic rings. The van der Waals surface area contributed by atoms with E-state index in [1.165, 1.54) is 18.4 Å². The molecule has 2 amide bonds. The summed E-state index contributed by atoms with van der Waals surface area (Å²) in [6.07, 6.45) is 8.93. The Kier molecular flexibility index (Phi) is 14.5. The molecule has 0 radical (unpaired) electrons. The first kappa shape index (κ1) is 37.8. The maximum atomic E-state index is 12.5. The molecule has 0 atom stereocenters. The van der Waals surface area contributed by atoms with Crippen molar-refractivity contribution in [1.29, 1.82) is 0 Å². The van der Waals surface area contributed by atoms with Gasteiger partial charge in [0.2, 0.25) is 18.3 Å². The van der Waals surface area contributed by atoms with Crippen molar-refractivity contribution < 1.29 is 9.59 Å². The smallest absolute Gasteiger partial charge is 0.248 e. The second-order valence-corrected chi connectivity index (χ2v) is 12.5. The lowest BCUT2D eigenvalue weighted by atomic mass is 9.89. The molecule has 1 aromatic heterocycles. The third kappa shape index (κ3) is 11.0. The fourth-order valence-electron chi connectivity index (χ4n) is 5.81. The van der Waals surface area contributed by atoms with Gasteiger partial charge in [0, 0.05) is 60.7 Å². The average molecular weight is 677 g/mol. The normalized spacial score (nSPS) is 13.4. The predicted octanol–water partition coefficient (Wildman–Crippen LogP) is 7.09. The predicted molar refractivity (Wildman–Crippen MR) is 207 cm³/mol. The Balaban J connectivity index is 0.00000276. The Morgan fingerprint density at radius 2 is 1.62 bits per heavy atom. The van der Waals surface area contributed by atoms with Gasteiger partial charge in [0.05, 0.1) is 0 Å². The van der Waals surface area contributed by atoms with E-state index in [9.17, 15) is 9.59 Å². The summed E-state index contributed by atoms with van der Waals surface area (Å²) in [6, 6.07) is 25.8. The van der Waals surface area contributed by atoms with Gasteiger partial charge in [-0.25, -0.2) is 4.98 Å². The number of para-hydroxylation sites is 1. The average Bonchev–Trinajstić information content (AvgIpc) is 3.14. The van der Waals surface area contributed by atoms with Crippen molar-refractivity contribution in [2.75, 3.05) is 74.8 Å². The van der Waals surface area contributed by atoms with Crippen molar-refractivity contribution in [3.05, 3.63) is 108 Å². The first-order valence-corrected chi connectivity index (χ1v) is 17.4. The SMILES string of the molecule is CC.CN(C)C/C=C/C(=O)Nc1cccc(N(C)c2nc(Nc3ccc(C4CCN(C)CC4)cc3)ncc2CCN(C=O)c2ccccc2)c1. The van der Waals surface area contributed by atoms with E-state index in [4.69, 9.17) is 4.98 Å². The summed E-state index contributed by atoms with van der Waals surface area (Å²) in [5, 5.41) is 6.34. The largest absolute Gasteiger partial charge is 0.329 e. The van der Waals surface area contributed by atoms with E-state index in [1.807, 2.05) is 112 Å². The quantitative estimate of drug-likeness (QED) is 0.108. The van der Waals surface area contributed by atoms with Gasteiger partial charge in [0.15, 0.2) is 0 Å². The number of anilines is 6. The summed E-state index contributed by atoms with van der Waals surface area (Å²) < 4.78 is 0. The molecule has 2 heterocycles. The molecule has 1 aliphatic heterocycles. The maximum absolute atomic E-state index is 12.5. The molecule has 1 fully saturated rings. The number of likely N-dealkylation sites (tertiary alicyclic amines) is 1. The number of piperidine rings is 1. The van der Waals surface area contributed by atoms with Gasteiger partial charge in [-0.2, -0.15) is 4.98 Å². The van der Waals surface area contributed by atoms with E-state index in [-0.39, 0.29) is 5.91 Å². The number of benzene rings is 3. The molecule has 0 bridgehead atoms. The van der Waals surface area contributed by atoms with Gasteiger partial charge in [-0.1, -0.05) is 56.3 Å². The van der Waals surface area contributed by atoms with Crippen molar-refractivity contribution in [3.8, 4) is 0 Å². The number of hydrogen-bond acceptors (Lipinski definition) is 8. The Morgan fingerprint density at radius 1 is 0.920 bits per heavy atom. The van der Waals surface area contributed by atoms with E-state index in [0.29, 0.717) is 42.9 Å². The Hall–Kier alpha value is -5.06. The molecule has 3 aromatic carbocycles. The van der Waals surface area contributed by atoms with Crippen LogP contribution in [0, 0.1) is 0 Å². The van der Waals surface area contributed by atoms with Crippen LogP contribution >= 0.6 is 0 Å². The minimum Gasteiger partial charge on any atom is -0.329 e. The number of nitrogens with one attached hydrogen (secondary N) is 2. The minimum atomic E-state index is -0.192. The van der Waals surface area contributed by atoms with Crippen LogP contribution in [0.5, 0.6) is 0 Å². The lowest BCUT2D eigenvalue weighted by Gasteiger charge is -2.29. The summed E-state index contributed by atoms with van der Waals surface area (Å²) in [5.74, 6) is 1.56. The maximum Gasteiger partial charge on any atom is 0.248 e. The van der Waals surface area contributed by atoms with Crippen molar-refractivity contribution in [1.82, 2.24) is 19.8 Å². The minimum absolute atomic E-state index is 0.192. The lowest BCUT2D eigenvalue weighted by Crippen LogP contribution is -2.29. The van der Waals surface area contributed by atoms with Crippen molar-refractivity contribution in [2.24, 2.45) is 0 Å². The number of rotatable bonds is 14. The highest BCUT2D eigenvalue weighted by atomic mass is 16.1. The zero-order valence-electron chi connectivity index (χ0n) is 30.3. The summed E-state index contributed by atoms with van der Waals surface area (Å²) in [5.41, 5.74) is 5.50. The van der Waals surface area contributed by atoms with Crippen LogP contribution in [-0.4, -0.2) is 86.5 Å². The van der Waals surface area contributed by atoms with E-state index in [0.717, 1.165) is 42.1 Å². The molecule has 0 aliphatic carbocycles. The first-order chi connectivity index (χ1) is 24.3. The van der Waals surface area contributed by atoms with Gasteiger partial charge in [0.25, 0.3) is 0 Å². The number of carbonyl (C=O) groups excluding carboxylic acids is 2. The molecule has 4 aromatic rings. The van der Waals surface area contributed by atoms with Crippen LogP contribution in [0.3, 0.4) is 0 Å². The molecular weight excluding hydrogens is 624 g/mol. The molecule has 50 heavy (non-hydrogen) atoms. The van der Waals surface area contributed by atoms with Gasteiger partial charge >= 0.3 is 0 Å². The van der Waals surface area contributed by atoms with E-state index < -0.39 is 0 Å². The second-order valence-electron chi connectivity index (χ2n) is 12.5. The molecule has 2 N–H and O–H groups in total. The molecule has 264 valence electrons. The number of aromatic nitrogens is 2. The highest BCUT2D eigenvalue weighted by molar-refractivity contribution is 5.99. The number of amides is 2. The molecule has 0 unspecified atom stereocenters. The standard InChI is InChI=1S/C38H46N8O2.C2H6/c1-43(2)22-9-14-36(48)40-33-10-8-13-35(26-33)45(4)37-31(21-25-46(28-47)34-11-6-5-7-12-34)27-39-38(42-37)41-32-17-15-29(16-18-32)30-19-23-44(3)24-20-30;1-2/h5-18,26-28,30H,19-25H2,1-4H3,(H,40,48)(H,39,41,42);1-2H3/b14-9+;. The topological polar surface area (TPSA) is 96.9 Å². The van der Waals surface area contributed by atoms with Crippen LogP contribution < -0.4 is 20.4 Å². The molecule has 1 saturated heterocycles.